The predicted octanol–water partition coefficient (Wildman–Crippen LogP) is 2.77. The molecule has 0 amide bonds. The van der Waals surface area contributed by atoms with Gasteiger partial charge in [-0.15, -0.1) is 0 Å². The van der Waals surface area contributed by atoms with E-state index in [1.807, 2.05) is 0 Å². The summed E-state index contributed by atoms with van der Waals surface area (Å²) in [7, 11) is -3.25. The number of sulfone groups is 1. The largest absolute Gasteiger partial charge is 0.300 e. The van der Waals surface area contributed by atoms with Gasteiger partial charge in [0.05, 0.1) is 11.0 Å². The summed E-state index contributed by atoms with van der Waals surface area (Å²) in [6, 6.07) is 6.78. The second-order valence-electron chi connectivity index (χ2n) is 4.69. The van der Waals surface area contributed by atoms with Crippen molar-refractivity contribution in [2.75, 3.05) is 0 Å². The summed E-state index contributed by atoms with van der Waals surface area (Å²) in [5.41, 5.74) is 0.720. The molecule has 1 atom stereocenters. The van der Waals surface area contributed by atoms with Crippen LogP contribution in [-0.4, -0.2) is 19.5 Å². The van der Waals surface area contributed by atoms with Crippen LogP contribution in [0.3, 0.4) is 0 Å². The van der Waals surface area contributed by atoms with Crippen molar-refractivity contribution in [3.8, 4) is 0 Å². The maximum atomic E-state index is 12.2. The second kappa shape index (κ2) is 5.41. The Balaban J connectivity index is 2.11. The number of carbonyl (C=O) groups is 1. The van der Waals surface area contributed by atoms with E-state index < -0.39 is 15.1 Å². The van der Waals surface area contributed by atoms with Gasteiger partial charge in [-0.3, -0.25) is 4.79 Å². The smallest absolute Gasteiger partial charge is 0.157 e. The molecule has 98 valence electrons. The lowest BCUT2D eigenvalue weighted by Gasteiger charge is -2.21. The van der Waals surface area contributed by atoms with Gasteiger partial charge in [0, 0.05) is 17.9 Å². The van der Waals surface area contributed by atoms with Crippen molar-refractivity contribution in [2.24, 2.45) is 0 Å². The minimum absolute atomic E-state index is 0.0118. The SMILES string of the molecule is O=C1CCCC(S(=O)(=O)Cc2ccc(Cl)cc2)C1. The number of Topliss-reactive ketones (excluding diaryl/α,β-unsaturated/α-hetero) is 1. The molecule has 0 spiro atoms. The number of halogens is 1. The zero-order chi connectivity index (χ0) is 13.2. The van der Waals surface area contributed by atoms with Crippen molar-refractivity contribution in [3.63, 3.8) is 0 Å². The molecule has 0 aromatic heterocycles. The first kappa shape index (κ1) is 13.6. The first-order valence-electron chi connectivity index (χ1n) is 5.95. The van der Waals surface area contributed by atoms with Crippen LogP contribution in [0, 0.1) is 0 Å². The van der Waals surface area contributed by atoms with Crippen molar-refractivity contribution in [3.05, 3.63) is 34.9 Å². The fraction of sp³-hybridized carbons (Fsp3) is 0.462. The summed E-state index contributed by atoms with van der Waals surface area (Å²) < 4.78 is 24.4. The van der Waals surface area contributed by atoms with E-state index in [0.717, 1.165) is 5.56 Å². The van der Waals surface area contributed by atoms with Gasteiger partial charge < -0.3 is 0 Å². The molecule has 2 rings (SSSR count). The van der Waals surface area contributed by atoms with E-state index in [9.17, 15) is 13.2 Å². The monoisotopic (exact) mass is 286 g/mol. The quantitative estimate of drug-likeness (QED) is 0.858. The highest BCUT2D eigenvalue weighted by Crippen LogP contribution is 2.24. The molecular weight excluding hydrogens is 272 g/mol. The maximum absolute atomic E-state index is 12.2. The van der Waals surface area contributed by atoms with Crippen molar-refractivity contribution in [1.82, 2.24) is 0 Å². The van der Waals surface area contributed by atoms with Crippen LogP contribution in [-0.2, 0) is 20.4 Å². The van der Waals surface area contributed by atoms with E-state index in [4.69, 9.17) is 11.6 Å². The number of ketones is 1. The molecule has 1 aromatic rings. The Morgan fingerprint density at radius 3 is 2.50 bits per heavy atom. The molecule has 0 bridgehead atoms. The molecule has 0 N–H and O–H groups in total. The molecule has 0 aliphatic heterocycles. The summed E-state index contributed by atoms with van der Waals surface area (Å²) in [4.78, 5) is 11.3. The number of hydrogen-bond acceptors (Lipinski definition) is 3. The van der Waals surface area contributed by atoms with Crippen LogP contribution in [0.1, 0.15) is 31.2 Å². The van der Waals surface area contributed by atoms with Crippen LogP contribution in [0.2, 0.25) is 5.02 Å². The van der Waals surface area contributed by atoms with Gasteiger partial charge in [0.25, 0.3) is 0 Å². The fourth-order valence-electron chi connectivity index (χ4n) is 2.22. The lowest BCUT2D eigenvalue weighted by Crippen LogP contribution is -2.29. The molecule has 3 nitrogen and oxygen atoms in total. The third-order valence-electron chi connectivity index (χ3n) is 3.23. The zero-order valence-corrected chi connectivity index (χ0v) is 11.5. The molecule has 1 aromatic carbocycles. The molecule has 18 heavy (non-hydrogen) atoms. The van der Waals surface area contributed by atoms with Crippen molar-refractivity contribution < 1.29 is 13.2 Å². The van der Waals surface area contributed by atoms with E-state index in [1.54, 1.807) is 24.3 Å². The number of carbonyl (C=O) groups excluding carboxylic acids is 1. The van der Waals surface area contributed by atoms with Gasteiger partial charge in [-0.1, -0.05) is 23.7 Å². The van der Waals surface area contributed by atoms with Crippen molar-refractivity contribution in [2.45, 2.75) is 36.7 Å². The molecule has 1 fully saturated rings. The maximum Gasteiger partial charge on any atom is 0.157 e. The lowest BCUT2D eigenvalue weighted by atomic mass is 9.99. The fourth-order valence-corrected chi connectivity index (χ4v) is 4.21. The normalized spacial score (nSPS) is 20.9. The molecule has 1 saturated carbocycles. The summed E-state index contributed by atoms with van der Waals surface area (Å²) in [5, 5.41) is 0.0819. The Bertz CT molecular complexity index is 534. The first-order chi connectivity index (χ1) is 8.47. The van der Waals surface area contributed by atoms with Crippen molar-refractivity contribution in [1.29, 1.82) is 0 Å². The van der Waals surface area contributed by atoms with Crippen LogP contribution in [0.4, 0.5) is 0 Å². The highest BCUT2D eigenvalue weighted by molar-refractivity contribution is 7.91. The minimum Gasteiger partial charge on any atom is -0.300 e. The molecule has 1 unspecified atom stereocenters. The van der Waals surface area contributed by atoms with E-state index in [1.165, 1.54) is 0 Å². The van der Waals surface area contributed by atoms with Gasteiger partial charge in [-0.25, -0.2) is 8.42 Å². The standard InChI is InChI=1S/C13H15ClO3S/c14-11-6-4-10(5-7-11)9-18(16,17)13-3-1-2-12(15)8-13/h4-7,13H,1-3,8-9H2. The summed E-state index contributed by atoms with van der Waals surface area (Å²) in [6.45, 7) is 0. The van der Waals surface area contributed by atoms with Crippen LogP contribution in [0.5, 0.6) is 0 Å². The Morgan fingerprint density at radius 2 is 1.89 bits per heavy atom. The van der Waals surface area contributed by atoms with E-state index in [2.05, 4.69) is 0 Å². The van der Waals surface area contributed by atoms with Crippen LogP contribution in [0.15, 0.2) is 24.3 Å². The molecule has 5 heteroatoms. The van der Waals surface area contributed by atoms with Gasteiger partial charge in [-0.05, 0) is 30.5 Å². The Hall–Kier alpha value is -0.870. The summed E-state index contributed by atoms with van der Waals surface area (Å²) in [6.07, 6.45) is 1.98. The number of rotatable bonds is 3. The molecule has 0 heterocycles. The van der Waals surface area contributed by atoms with E-state index in [0.29, 0.717) is 24.3 Å². The van der Waals surface area contributed by atoms with E-state index in [-0.39, 0.29) is 18.0 Å². The Morgan fingerprint density at radius 1 is 1.22 bits per heavy atom. The van der Waals surface area contributed by atoms with Crippen LogP contribution < -0.4 is 0 Å². The predicted molar refractivity (Wildman–Crippen MR) is 71.3 cm³/mol. The lowest BCUT2D eigenvalue weighted by molar-refractivity contribution is -0.120. The molecular formula is C13H15ClO3S. The molecule has 0 saturated heterocycles. The number of hydrogen-bond donors (Lipinski definition) is 0. The van der Waals surface area contributed by atoms with Crippen LogP contribution >= 0.6 is 11.6 Å². The second-order valence-corrected chi connectivity index (χ2v) is 7.41. The molecule has 1 aliphatic carbocycles. The van der Waals surface area contributed by atoms with Gasteiger partial charge in [0.15, 0.2) is 9.84 Å². The average Bonchev–Trinajstić information content (AvgIpc) is 2.32. The minimum atomic E-state index is -3.25. The molecule has 0 radical (unpaired) electrons. The number of benzene rings is 1. The van der Waals surface area contributed by atoms with Gasteiger partial charge in [0.2, 0.25) is 0 Å². The highest BCUT2D eigenvalue weighted by Gasteiger charge is 2.30. The van der Waals surface area contributed by atoms with Gasteiger partial charge in [0.1, 0.15) is 5.78 Å². The summed E-state index contributed by atoms with van der Waals surface area (Å²) in [5.74, 6) is 0.0493. The molecule has 1 aliphatic rings. The average molecular weight is 287 g/mol. The topological polar surface area (TPSA) is 51.2 Å². The van der Waals surface area contributed by atoms with Crippen LogP contribution in [0.25, 0.3) is 0 Å². The Kier molecular flexibility index (Phi) is 4.07. The van der Waals surface area contributed by atoms with E-state index >= 15 is 0 Å². The van der Waals surface area contributed by atoms with Gasteiger partial charge in [-0.2, -0.15) is 0 Å². The third kappa shape index (κ3) is 3.33. The zero-order valence-electron chi connectivity index (χ0n) is 9.93. The van der Waals surface area contributed by atoms with Crippen molar-refractivity contribution >= 4 is 27.2 Å². The Labute approximate surface area is 112 Å². The first-order valence-corrected chi connectivity index (χ1v) is 8.04. The van der Waals surface area contributed by atoms with Gasteiger partial charge >= 0.3 is 0 Å². The highest BCUT2D eigenvalue weighted by atomic mass is 35.5. The third-order valence-corrected chi connectivity index (χ3v) is 5.63. The summed E-state index contributed by atoms with van der Waals surface area (Å²) >= 11 is 5.76.